The highest BCUT2D eigenvalue weighted by Gasteiger charge is 2.17. The largest absolute Gasteiger partial charge is 0.414 e. The fraction of sp³-hybridized carbons (Fsp3) is 0. The number of hydrogen-bond acceptors (Lipinski definition) is 0. The van der Waals surface area contributed by atoms with Crippen molar-refractivity contribution in [1.82, 2.24) is 0 Å². The van der Waals surface area contributed by atoms with E-state index in [0.29, 0.717) is 0 Å². The van der Waals surface area contributed by atoms with Crippen LogP contribution in [0.3, 0.4) is 0 Å². The lowest BCUT2D eigenvalue weighted by Gasteiger charge is -1.86. The molecule has 0 nitrogen and oxygen atoms in total. The van der Waals surface area contributed by atoms with Gasteiger partial charge in [0.25, 0.3) is 0 Å². The minimum absolute atomic E-state index is 1.49. The minimum Gasteiger partial charge on any atom is -0.152 e. The summed E-state index contributed by atoms with van der Waals surface area (Å²) in [6.45, 7) is -5.08. The molecule has 0 aliphatic rings. The SMILES string of the molecule is F[P](F)(F)Br. The Balaban J connectivity index is 3.02. The second-order valence-electron chi connectivity index (χ2n) is 0.383. The molecule has 0 atom stereocenters. The molecule has 0 aromatic carbocycles. The zero-order valence-electron chi connectivity index (χ0n) is 1.96. The van der Waals surface area contributed by atoms with Gasteiger partial charge in [0.15, 0.2) is 0 Å². The predicted molar refractivity (Wildman–Crippen MR) is 19.2 cm³/mol. The molecular formula is BrF3P. The molecule has 0 saturated heterocycles. The molecule has 0 bridgehead atoms. The second kappa shape index (κ2) is 1.43. The van der Waals surface area contributed by atoms with Gasteiger partial charge >= 0.3 is 6.90 Å². The molecule has 0 unspecified atom stereocenters. The van der Waals surface area contributed by atoms with Crippen molar-refractivity contribution in [3.63, 3.8) is 0 Å². The van der Waals surface area contributed by atoms with E-state index in [9.17, 15) is 12.6 Å². The molecule has 0 aliphatic carbocycles. The normalized spacial score (nSPS) is 12.0. The lowest BCUT2D eigenvalue weighted by atomic mass is 18.8. The van der Waals surface area contributed by atoms with Gasteiger partial charge in [0.05, 0.1) is 0 Å². The van der Waals surface area contributed by atoms with E-state index in [1.54, 1.807) is 0 Å². The van der Waals surface area contributed by atoms with Crippen molar-refractivity contribution in [1.29, 1.82) is 0 Å². The molecule has 0 aromatic heterocycles. The first kappa shape index (κ1) is 5.70. The zero-order chi connectivity index (χ0) is 4.50. The molecule has 33 valence electrons. The first-order chi connectivity index (χ1) is 2.00. The number of halogens is 4. The Hall–Kier alpha value is 0.700. The molecule has 0 heterocycles. The van der Waals surface area contributed by atoms with Crippen molar-refractivity contribution in [2.45, 2.75) is 0 Å². The van der Waals surface area contributed by atoms with Crippen LogP contribution < -0.4 is 0 Å². The van der Waals surface area contributed by atoms with Crippen LogP contribution in [-0.4, -0.2) is 0 Å². The van der Waals surface area contributed by atoms with E-state index in [-0.39, 0.29) is 0 Å². The van der Waals surface area contributed by atoms with E-state index < -0.39 is 6.90 Å². The molecule has 0 aromatic rings. The summed E-state index contributed by atoms with van der Waals surface area (Å²) in [5.41, 5.74) is 0. The summed E-state index contributed by atoms with van der Waals surface area (Å²) in [5.74, 6) is 0. The summed E-state index contributed by atoms with van der Waals surface area (Å²) < 4.78 is 31.1. The highest BCUT2D eigenvalue weighted by molar-refractivity contribution is 9.40. The molecule has 5 heteroatoms. The third kappa shape index (κ3) is 69.9. The highest BCUT2D eigenvalue weighted by Crippen LogP contribution is 2.71. The molecule has 0 aliphatic heterocycles. The van der Waals surface area contributed by atoms with Gasteiger partial charge in [0.1, 0.15) is 0 Å². The van der Waals surface area contributed by atoms with Crippen LogP contribution in [0.15, 0.2) is 0 Å². The Morgan fingerprint density at radius 1 is 1.20 bits per heavy atom. The molecule has 0 amide bonds. The average Bonchev–Trinajstić information content (AvgIpc) is 0.722. The van der Waals surface area contributed by atoms with Crippen LogP contribution in [0, 0.1) is 0 Å². The Labute approximate surface area is 35.8 Å². The summed E-state index contributed by atoms with van der Waals surface area (Å²) in [6, 6.07) is 0. The van der Waals surface area contributed by atoms with Gasteiger partial charge in [-0.05, 0) is 0 Å². The summed E-state index contributed by atoms with van der Waals surface area (Å²) in [4.78, 5) is 0. The molecule has 5 heavy (non-hydrogen) atoms. The maximum absolute atomic E-state index is 10.4. The van der Waals surface area contributed by atoms with E-state index in [2.05, 4.69) is 0 Å². The summed E-state index contributed by atoms with van der Waals surface area (Å²) in [7, 11) is 0. The van der Waals surface area contributed by atoms with Crippen LogP contribution in [0.4, 0.5) is 12.6 Å². The molecule has 0 fully saturated rings. The Kier molecular flexibility index (Phi) is 1.63. The Morgan fingerprint density at radius 3 is 1.20 bits per heavy atom. The maximum Gasteiger partial charge on any atom is 0.414 e. The van der Waals surface area contributed by atoms with Gasteiger partial charge in [-0.15, -0.1) is 0 Å². The summed E-state index contributed by atoms with van der Waals surface area (Å²) >= 11 is 1.49. The molecule has 0 N–H and O–H groups in total. The standard InChI is InChI=1S/BrF3P/c1-5(2,3)4. The van der Waals surface area contributed by atoms with Crippen molar-refractivity contribution in [3.8, 4) is 0 Å². The number of hydrogen-bond donors (Lipinski definition) is 0. The van der Waals surface area contributed by atoms with Crippen LogP contribution in [0.25, 0.3) is 0 Å². The van der Waals surface area contributed by atoms with Crippen molar-refractivity contribution in [2.75, 3.05) is 0 Å². The Morgan fingerprint density at radius 2 is 1.20 bits per heavy atom. The quantitative estimate of drug-likeness (QED) is 0.487. The van der Waals surface area contributed by atoms with E-state index in [1.165, 1.54) is 15.5 Å². The van der Waals surface area contributed by atoms with Crippen molar-refractivity contribution in [3.05, 3.63) is 0 Å². The third-order valence-corrected chi connectivity index (χ3v) is 0. The molecular weight excluding hydrogens is 168 g/mol. The smallest absolute Gasteiger partial charge is 0.152 e. The zero-order valence-corrected chi connectivity index (χ0v) is 4.44. The predicted octanol–water partition coefficient (Wildman–Crippen LogP) is 2.97. The van der Waals surface area contributed by atoms with E-state index in [4.69, 9.17) is 0 Å². The van der Waals surface area contributed by atoms with Crippen LogP contribution in [0.1, 0.15) is 0 Å². The van der Waals surface area contributed by atoms with Gasteiger partial charge in [0, 0.05) is 15.5 Å². The van der Waals surface area contributed by atoms with Gasteiger partial charge in [-0.2, -0.15) is 12.6 Å². The molecule has 0 spiro atoms. The monoisotopic (exact) mass is 167 g/mol. The van der Waals surface area contributed by atoms with Crippen molar-refractivity contribution >= 4 is 22.4 Å². The van der Waals surface area contributed by atoms with Gasteiger partial charge in [-0.25, -0.2) is 0 Å². The van der Waals surface area contributed by atoms with Crippen LogP contribution in [-0.2, 0) is 0 Å². The lowest BCUT2D eigenvalue weighted by molar-refractivity contribution is 0.624. The van der Waals surface area contributed by atoms with Crippen LogP contribution in [0.5, 0.6) is 0 Å². The topological polar surface area (TPSA) is 0 Å². The Bertz CT molecular complexity index is 22.4. The third-order valence-electron chi connectivity index (χ3n) is 0. The maximum atomic E-state index is 10.4. The van der Waals surface area contributed by atoms with Crippen molar-refractivity contribution < 1.29 is 12.6 Å². The van der Waals surface area contributed by atoms with E-state index >= 15 is 0 Å². The van der Waals surface area contributed by atoms with Gasteiger partial charge < -0.3 is 0 Å². The van der Waals surface area contributed by atoms with Crippen LogP contribution in [0.2, 0.25) is 0 Å². The van der Waals surface area contributed by atoms with E-state index in [1.807, 2.05) is 0 Å². The summed E-state index contributed by atoms with van der Waals surface area (Å²) in [6.07, 6.45) is 0. The second-order valence-corrected chi connectivity index (χ2v) is 3.56. The first-order valence-electron chi connectivity index (χ1n) is 0.676. The van der Waals surface area contributed by atoms with Gasteiger partial charge in [0.2, 0.25) is 0 Å². The molecule has 1 radical (unpaired) electrons. The van der Waals surface area contributed by atoms with Gasteiger partial charge in [-0.1, -0.05) is 0 Å². The fourth-order valence-electron chi connectivity index (χ4n) is 0. The van der Waals surface area contributed by atoms with Gasteiger partial charge in [-0.3, -0.25) is 0 Å². The van der Waals surface area contributed by atoms with Crippen molar-refractivity contribution in [2.24, 2.45) is 0 Å². The fourth-order valence-corrected chi connectivity index (χ4v) is 0. The minimum atomic E-state index is -5.08. The summed E-state index contributed by atoms with van der Waals surface area (Å²) in [5, 5.41) is 0. The lowest BCUT2D eigenvalue weighted by Crippen LogP contribution is -1.32. The highest BCUT2D eigenvalue weighted by atomic mass is 79.9. The first-order valence-corrected chi connectivity index (χ1v) is 4.16. The average molecular weight is 168 g/mol. The molecule has 0 rings (SSSR count). The molecule has 0 saturated carbocycles. The number of rotatable bonds is 0. The van der Waals surface area contributed by atoms with Crippen LogP contribution >= 0.6 is 22.4 Å². The van der Waals surface area contributed by atoms with E-state index in [0.717, 1.165) is 0 Å².